The van der Waals surface area contributed by atoms with Gasteiger partial charge in [-0.15, -0.1) is 0 Å². The maximum absolute atomic E-state index is 9.11. The number of rotatable bonds is 1. The van der Waals surface area contributed by atoms with Gasteiger partial charge >= 0.3 is 0 Å². The summed E-state index contributed by atoms with van der Waals surface area (Å²) in [5.41, 5.74) is 0. The van der Waals surface area contributed by atoms with Crippen LogP contribution >= 0.6 is 12.6 Å². The number of aliphatic hydroxyl groups is 2. The highest BCUT2D eigenvalue weighted by Crippen LogP contribution is 2.18. The third kappa shape index (κ3) is 2.12. The second-order valence-electron chi connectivity index (χ2n) is 2.52. The zero-order chi connectivity index (χ0) is 7.56. The second-order valence-corrected chi connectivity index (χ2v) is 2.89. The summed E-state index contributed by atoms with van der Waals surface area (Å²) < 4.78 is 5.03. The van der Waals surface area contributed by atoms with Gasteiger partial charge in [-0.2, -0.15) is 12.6 Å². The van der Waals surface area contributed by atoms with Crippen molar-refractivity contribution in [2.45, 2.75) is 31.3 Å². The third-order valence-corrected chi connectivity index (χ3v) is 1.97. The summed E-state index contributed by atoms with van der Waals surface area (Å²) in [6.45, 7) is 0. The molecule has 1 saturated heterocycles. The van der Waals surface area contributed by atoms with Crippen LogP contribution in [0.2, 0.25) is 0 Å². The zero-order valence-corrected chi connectivity index (χ0v) is 6.50. The topological polar surface area (TPSA) is 49.7 Å². The normalized spacial score (nSPS) is 41.7. The molecular weight excluding hydrogens is 152 g/mol. The van der Waals surface area contributed by atoms with E-state index in [0.29, 0.717) is 18.6 Å². The Balaban J connectivity index is 2.35. The first-order valence-electron chi connectivity index (χ1n) is 3.35. The molecule has 1 aliphatic heterocycles. The van der Waals surface area contributed by atoms with Gasteiger partial charge < -0.3 is 14.9 Å². The minimum absolute atomic E-state index is 0.0953. The van der Waals surface area contributed by atoms with E-state index in [4.69, 9.17) is 14.9 Å². The number of hydrogen-bond donors (Lipinski definition) is 3. The van der Waals surface area contributed by atoms with Gasteiger partial charge in [0.1, 0.15) is 0 Å². The summed E-state index contributed by atoms with van der Waals surface area (Å²) in [5, 5.41) is 18.1. The number of aliphatic hydroxyl groups excluding tert-OH is 2. The van der Waals surface area contributed by atoms with Crippen LogP contribution in [-0.4, -0.2) is 34.5 Å². The molecule has 10 heavy (non-hydrogen) atoms. The minimum atomic E-state index is -0.805. The van der Waals surface area contributed by atoms with Crippen molar-refractivity contribution in [3.8, 4) is 0 Å². The summed E-state index contributed by atoms with van der Waals surface area (Å²) in [5.74, 6) is 0.550. The lowest BCUT2D eigenvalue weighted by molar-refractivity contribution is -0.182. The standard InChI is InChI=1S/C6H12O3S/c7-4-1-5(3-10)9-6(8)2-4/h4-8,10H,1-3H2/t4?,5?,6-/m0/s1. The molecule has 3 nitrogen and oxygen atoms in total. The van der Waals surface area contributed by atoms with Gasteiger partial charge in [-0.1, -0.05) is 0 Å². The van der Waals surface area contributed by atoms with Crippen molar-refractivity contribution in [3.05, 3.63) is 0 Å². The van der Waals surface area contributed by atoms with E-state index in [-0.39, 0.29) is 6.10 Å². The monoisotopic (exact) mass is 164 g/mol. The molecule has 1 rings (SSSR count). The Morgan fingerprint density at radius 2 is 2.10 bits per heavy atom. The molecule has 0 saturated carbocycles. The van der Waals surface area contributed by atoms with Crippen LogP contribution < -0.4 is 0 Å². The van der Waals surface area contributed by atoms with Crippen LogP contribution in [0.25, 0.3) is 0 Å². The molecule has 0 amide bonds. The van der Waals surface area contributed by atoms with Crippen molar-refractivity contribution in [1.82, 2.24) is 0 Å². The summed E-state index contributed by atoms with van der Waals surface area (Å²) in [6, 6.07) is 0. The van der Waals surface area contributed by atoms with Crippen molar-refractivity contribution in [2.24, 2.45) is 0 Å². The summed E-state index contributed by atoms with van der Waals surface area (Å²) in [4.78, 5) is 0. The molecule has 0 radical (unpaired) electrons. The van der Waals surface area contributed by atoms with Crippen molar-refractivity contribution in [1.29, 1.82) is 0 Å². The lowest BCUT2D eigenvalue weighted by Gasteiger charge is -2.29. The molecule has 0 aliphatic carbocycles. The van der Waals surface area contributed by atoms with Gasteiger partial charge in [-0.25, -0.2) is 0 Å². The largest absolute Gasteiger partial charge is 0.393 e. The molecule has 3 atom stereocenters. The smallest absolute Gasteiger partial charge is 0.157 e. The fourth-order valence-corrected chi connectivity index (χ4v) is 1.32. The fourth-order valence-electron chi connectivity index (χ4n) is 1.08. The van der Waals surface area contributed by atoms with Crippen molar-refractivity contribution in [3.63, 3.8) is 0 Å². The van der Waals surface area contributed by atoms with E-state index in [1.165, 1.54) is 0 Å². The molecule has 0 aromatic rings. The minimum Gasteiger partial charge on any atom is -0.393 e. The maximum Gasteiger partial charge on any atom is 0.157 e. The van der Waals surface area contributed by atoms with Crippen LogP contribution in [0.3, 0.4) is 0 Å². The van der Waals surface area contributed by atoms with E-state index < -0.39 is 12.4 Å². The average Bonchev–Trinajstić information content (AvgIpc) is 1.85. The quantitative estimate of drug-likeness (QED) is 0.469. The highest BCUT2D eigenvalue weighted by molar-refractivity contribution is 7.80. The molecule has 60 valence electrons. The van der Waals surface area contributed by atoms with Crippen LogP contribution in [0.15, 0.2) is 0 Å². The Hall–Kier alpha value is 0.230. The zero-order valence-electron chi connectivity index (χ0n) is 5.60. The van der Waals surface area contributed by atoms with E-state index >= 15 is 0 Å². The lowest BCUT2D eigenvalue weighted by atomic mass is 10.1. The predicted molar refractivity (Wildman–Crippen MR) is 40.0 cm³/mol. The predicted octanol–water partition coefficient (Wildman–Crippen LogP) is -0.225. The molecule has 0 aromatic heterocycles. The molecular formula is C6H12O3S. The summed E-state index contributed by atoms with van der Waals surface area (Å²) in [7, 11) is 0. The van der Waals surface area contributed by atoms with Gasteiger partial charge in [-0.3, -0.25) is 0 Å². The first kappa shape index (κ1) is 8.33. The van der Waals surface area contributed by atoms with Gasteiger partial charge in [0.2, 0.25) is 0 Å². The molecule has 2 unspecified atom stereocenters. The van der Waals surface area contributed by atoms with E-state index in [9.17, 15) is 0 Å². The summed E-state index contributed by atoms with van der Waals surface area (Å²) >= 11 is 4.00. The van der Waals surface area contributed by atoms with Gasteiger partial charge in [0.15, 0.2) is 6.29 Å². The fraction of sp³-hybridized carbons (Fsp3) is 1.00. The molecule has 1 aliphatic rings. The highest BCUT2D eigenvalue weighted by Gasteiger charge is 2.25. The Labute approximate surface area is 65.4 Å². The molecule has 2 N–H and O–H groups in total. The Morgan fingerprint density at radius 1 is 1.40 bits per heavy atom. The van der Waals surface area contributed by atoms with Crippen molar-refractivity contribution < 1.29 is 14.9 Å². The van der Waals surface area contributed by atoms with E-state index in [1.807, 2.05) is 0 Å². The summed E-state index contributed by atoms with van der Waals surface area (Å²) in [6.07, 6.45) is -0.422. The molecule has 1 fully saturated rings. The van der Waals surface area contributed by atoms with E-state index in [1.54, 1.807) is 0 Å². The first-order chi connectivity index (χ1) is 4.72. The maximum atomic E-state index is 9.11. The van der Waals surface area contributed by atoms with Crippen LogP contribution in [-0.2, 0) is 4.74 Å². The molecule has 0 aromatic carbocycles. The lowest BCUT2D eigenvalue weighted by Crippen LogP contribution is -2.36. The highest BCUT2D eigenvalue weighted by atomic mass is 32.1. The SMILES string of the molecule is OC1CC(CS)O[C@H](O)C1. The molecule has 1 heterocycles. The van der Waals surface area contributed by atoms with E-state index in [0.717, 1.165) is 0 Å². The van der Waals surface area contributed by atoms with Gasteiger partial charge in [0.05, 0.1) is 12.2 Å². The number of hydrogen-bond acceptors (Lipinski definition) is 4. The van der Waals surface area contributed by atoms with Crippen LogP contribution in [0.5, 0.6) is 0 Å². The van der Waals surface area contributed by atoms with Crippen LogP contribution in [0.1, 0.15) is 12.8 Å². The Bertz CT molecular complexity index is 99.2. The first-order valence-corrected chi connectivity index (χ1v) is 3.98. The van der Waals surface area contributed by atoms with Gasteiger partial charge in [-0.05, 0) is 0 Å². The molecule has 0 bridgehead atoms. The van der Waals surface area contributed by atoms with Gasteiger partial charge in [0.25, 0.3) is 0 Å². The molecule has 4 heteroatoms. The third-order valence-electron chi connectivity index (χ3n) is 1.56. The second kappa shape index (κ2) is 3.57. The number of ether oxygens (including phenoxy) is 1. The molecule has 0 spiro atoms. The Kier molecular flexibility index (Phi) is 2.97. The number of thiol groups is 1. The van der Waals surface area contributed by atoms with Crippen LogP contribution in [0.4, 0.5) is 0 Å². The van der Waals surface area contributed by atoms with Crippen molar-refractivity contribution >= 4 is 12.6 Å². The van der Waals surface area contributed by atoms with E-state index in [2.05, 4.69) is 12.6 Å². The van der Waals surface area contributed by atoms with Gasteiger partial charge in [0, 0.05) is 18.6 Å². The average molecular weight is 164 g/mol. The Morgan fingerprint density at radius 3 is 2.60 bits per heavy atom. The van der Waals surface area contributed by atoms with Crippen LogP contribution in [0, 0.1) is 0 Å². The van der Waals surface area contributed by atoms with Crippen molar-refractivity contribution in [2.75, 3.05) is 5.75 Å².